The summed E-state index contributed by atoms with van der Waals surface area (Å²) < 4.78 is 25.6. The van der Waals surface area contributed by atoms with Crippen LogP contribution < -0.4 is 0 Å². The number of hydrogen-bond donors (Lipinski definition) is 0. The second-order valence-electron chi connectivity index (χ2n) is 3.31. The third-order valence-electron chi connectivity index (χ3n) is 1.96. The molecule has 82 valence electrons. The zero-order chi connectivity index (χ0) is 11.3. The largest absolute Gasteiger partial charge is 0.325 e. The first-order chi connectivity index (χ1) is 7.03. The summed E-state index contributed by atoms with van der Waals surface area (Å²) in [6, 6.07) is 1.84. The quantitative estimate of drug-likeness (QED) is 0.539. The van der Waals surface area contributed by atoms with Crippen molar-refractivity contribution in [1.29, 1.82) is 5.26 Å². The van der Waals surface area contributed by atoms with Gasteiger partial charge < -0.3 is 0 Å². The zero-order valence-electron chi connectivity index (χ0n) is 8.43. The van der Waals surface area contributed by atoms with Crippen molar-refractivity contribution >= 4 is 15.8 Å². The maximum absolute atomic E-state index is 10.7. The molecule has 0 bridgehead atoms. The van der Waals surface area contributed by atoms with Crippen LogP contribution in [0.2, 0.25) is 0 Å². The highest BCUT2D eigenvalue weighted by molar-refractivity contribution is 7.85. The van der Waals surface area contributed by atoms with Gasteiger partial charge in [-0.3, -0.25) is 4.28 Å². The molecule has 0 N–H and O–H groups in total. The fourth-order valence-electron chi connectivity index (χ4n) is 1.31. The van der Waals surface area contributed by atoms with Gasteiger partial charge in [0.25, 0.3) is 0 Å². The molecule has 0 amide bonds. The van der Waals surface area contributed by atoms with E-state index in [1.54, 1.807) is 0 Å². The number of nitrogens with zero attached hydrogens (tertiary/aromatic N) is 2. The molecule has 0 saturated heterocycles. The Morgan fingerprint density at radius 2 is 2.33 bits per heavy atom. The molecule has 0 unspecified atom stereocenters. The summed E-state index contributed by atoms with van der Waals surface area (Å²) in [6.07, 6.45) is 6.52. The van der Waals surface area contributed by atoms with Crippen LogP contribution in [0.1, 0.15) is 25.7 Å². The van der Waals surface area contributed by atoms with Crippen molar-refractivity contribution in [3.05, 3.63) is 11.6 Å². The van der Waals surface area contributed by atoms with Crippen LogP contribution >= 0.6 is 0 Å². The lowest BCUT2D eigenvalue weighted by Gasteiger charge is -2.09. The van der Waals surface area contributed by atoms with Crippen LogP contribution in [0.3, 0.4) is 0 Å². The van der Waals surface area contributed by atoms with Gasteiger partial charge in [0.1, 0.15) is 6.07 Å². The highest BCUT2D eigenvalue weighted by Gasteiger charge is 2.11. The SMILES string of the molecule is CS(=O)(=O)O/N=C(\C#N)C1=CCCCC1. The van der Waals surface area contributed by atoms with Gasteiger partial charge in [-0.25, -0.2) is 0 Å². The second kappa shape index (κ2) is 4.94. The van der Waals surface area contributed by atoms with E-state index in [9.17, 15) is 8.42 Å². The topological polar surface area (TPSA) is 79.5 Å². The minimum atomic E-state index is -3.63. The van der Waals surface area contributed by atoms with E-state index in [2.05, 4.69) is 9.44 Å². The van der Waals surface area contributed by atoms with Crippen LogP contribution in [-0.2, 0) is 14.4 Å². The van der Waals surface area contributed by atoms with Gasteiger partial charge in [-0.15, -0.1) is 0 Å². The predicted octanol–water partition coefficient (Wildman–Crippen LogP) is 1.34. The average molecular weight is 228 g/mol. The second-order valence-corrected chi connectivity index (χ2v) is 4.86. The molecule has 0 atom stereocenters. The van der Waals surface area contributed by atoms with E-state index < -0.39 is 10.1 Å². The van der Waals surface area contributed by atoms with Gasteiger partial charge >= 0.3 is 10.1 Å². The molecule has 1 aliphatic carbocycles. The molecule has 5 nitrogen and oxygen atoms in total. The van der Waals surface area contributed by atoms with Gasteiger partial charge in [-0.1, -0.05) is 11.2 Å². The van der Waals surface area contributed by atoms with E-state index in [1.807, 2.05) is 12.1 Å². The zero-order valence-corrected chi connectivity index (χ0v) is 9.25. The maximum atomic E-state index is 10.7. The molecule has 1 aliphatic rings. The average Bonchev–Trinajstić information content (AvgIpc) is 2.19. The lowest BCUT2D eigenvalue weighted by molar-refractivity contribution is 0.343. The summed E-state index contributed by atoms with van der Waals surface area (Å²) in [5.41, 5.74) is 0.826. The molecular formula is C9H12N2O3S. The van der Waals surface area contributed by atoms with E-state index in [1.165, 1.54) is 0 Å². The summed E-state index contributed by atoms with van der Waals surface area (Å²) in [7, 11) is -3.63. The third-order valence-corrected chi connectivity index (χ3v) is 2.31. The first-order valence-electron chi connectivity index (χ1n) is 4.59. The normalized spacial score (nSPS) is 17.9. The molecule has 1 rings (SSSR count). The maximum Gasteiger partial charge on any atom is 0.325 e. The lowest BCUT2D eigenvalue weighted by atomic mass is 9.97. The Labute approximate surface area is 89.2 Å². The van der Waals surface area contributed by atoms with Crippen LogP contribution in [0, 0.1) is 11.3 Å². The highest BCUT2D eigenvalue weighted by atomic mass is 32.2. The van der Waals surface area contributed by atoms with E-state index in [-0.39, 0.29) is 5.71 Å². The lowest BCUT2D eigenvalue weighted by Crippen LogP contribution is -2.06. The smallest absolute Gasteiger partial charge is 0.267 e. The first-order valence-corrected chi connectivity index (χ1v) is 6.41. The van der Waals surface area contributed by atoms with Crippen molar-refractivity contribution in [1.82, 2.24) is 0 Å². The van der Waals surface area contributed by atoms with Gasteiger partial charge in [0.15, 0.2) is 5.71 Å². The monoisotopic (exact) mass is 228 g/mol. The number of oxime groups is 1. The Balaban J connectivity index is 2.80. The first kappa shape index (κ1) is 11.7. The van der Waals surface area contributed by atoms with Gasteiger partial charge in [0, 0.05) is 0 Å². The van der Waals surface area contributed by atoms with E-state index in [4.69, 9.17) is 5.26 Å². The molecule has 0 aromatic carbocycles. The van der Waals surface area contributed by atoms with Crippen molar-refractivity contribution in [3.8, 4) is 6.07 Å². The van der Waals surface area contributed by atoms with Crippen LogP contribution in [0.25, 0.3) is 0 Å². The van der Waals surface area contributed by atoms with Crippen LogP contribution in [0.5, 0.6) is 0 Å². The summed E-state index contributed by atoms with van der Waals surface area (Å²) in [4.78, 5) is 0. The molecule has 0 aliphatic heterocycles. The Morgan fingerprint density at radius 3 is 2.80 bits per heavy atom. The van der Waals surface area contributed by atoms with Crippen LogP contribution in [0.15, 0.2) is 16.8 Å². The Morgan fingerprint density at radius 1 is 1.60 bits per heavy atom. The molecule has 0 spiro atoms. The van der Waals surface area contributed by atoms with Crippen molar-refractivity contribution in [3.63, 3.8) is 0 Å². The van der Waals surface area contributed by atoms with E-state index in [0.717, 1.165) is 37.5 Å². The predicted molar refractivity (Wildman–Crippen MR) is 55.5 cm³/mol. The molecular weight excluding hydrogens is 216 g/mol. The van der Waals surface area contributed by atoms with Crippen LogP contribution in [-0.4, -0.2) is 20.4 Å². The Hall–Kier alpha value is -1.35. The highest BCUT2D eigenvalue weighted by Crippen LogP contribution is 2.18. The fourth-order valence-corrected chi connectivity index (χ4v) is 1.52. The van der Waals surface area contributed by atoms with Gasteiger partial charge in [0.2, 0.25) is 0 Å². The summed E-state index contributed by atoms with van der Waals surface area (Å²) in [5.74, 6) is 0. The van der Waals surface area contributed by atoms with Crippen molar-refractivity contribution < 1.29 is 12.7 Å². The van der Waals surface area contributed by atoms with Gasteiger partial charge in [-0.05, 0) is 31.3 Å². The molecule has 0 saturated carbocycles. The van der Waals surface area contributed by atoms with Crippen molar-refractivity contribution in [2.75, 3.05) is 6.26 Å². The molecule has 6 heteroatoms. The Bertz CT molecular complexity index is 429. The third kappa shape index (κ3) is 4.13. The molecule has 0 radical (unpaired) electrons. The molecule has 0 aromatic rings. The van der Waals surface area contributed by atoms with Crippen molar-refractivity contribution in [2.24, 2.45) is 5.16 Å². The number of allylic oxidation sites excluding steroid dienone is 2. The summed E-state index contributed by atoms with van der Waals surface area (Å²) >= 11 is 0. The minimum Gasteiger partial charge on any atom is -0.267 e. The number of nitriles is 1. The Kier molecular flexibility index (Phi) is 3.86. The van der Waals surface area contributed by atoms with Crippen LogP contribution in [0.4, 0.5) is 0 Å². The van der Waals surface area contributed by atoms with Gasteiger partial charge in [-0.2, -0.15) is 13.7 Å². The summed E-state index contributed by atoms with van der Waals surface area (Å²) in [6.45, 7) is 0. The number of hydrogen-bond acceptors (Lipinski definition) is 5. The van der Waals surface area contributed by atoms with E-state index in [0.29, 0.717) is 0 Å². The number of rotatable bonds is 3. The summed E-state index contributed by atoms with van der Waals surface area (Å²) in [5, 5.41) is 12.1. The minimum absolute atomic E-state index is 0.0557. The molecule has 15 heavy (non-hydrogen) atoms. The van der Waals surface area contributed by atoms with Crippen molar-refractivity contribution in [2.45, 2.75) is 25.7 Å². The fraction of sp³-hybridized carbons (Fsp3) is 0.556. The van der Waals surface area contributed by atoms with Gasteiger partial charge in [0.05, 0.1) is 6.26 Å². The molecule has 0 fully saturated rings. The van der Waals surface area contributed by atoms with E-state index >= 15 is 0 Å². The standard InChI is InChI=1S/C9H12N2O3S/c1-15(12,13)14-11-9(7-10)8-5-3-2-4-6-8/h5H,2-4,6H2,1H3/b11-9+. The molecule has 0 heterocycles. The molecule has 0 aromatic heterocycles.